The van der Waals surface area contributed by atoms with Crippen molar-refractivity contribution in [1.82, 2.24) is 20.9 Å². The minimum atomic E-state index is -0.448. The van der Waals surface area contributed by atoms with Crippen LogP contribution in [0.3, 0.4) is 0 Å². The van der Waals surface area contributed by atoms with Gasteiger partial charge in [0.05, 0.1) is 6.54 Å². The Kier molecular flexibility index (Phi) is 6.36. The number of carbonyl (C=O) groups is 2. The van der Waals surface area contributed by atoms with Crippen LogP contribution in [0.15, 0.2) is 30.3 Å². The van der Waals surface area contributed by atoms with Gasteiger partial charge in [-0.25, -0.2) is 4.79 Å². The van der Waals surface area contributed by atoms with Gasteiger partial charge in [0.15, 0.2) is 0 Å². The molecule has 3 amide bonds. The van der Waals surface area contributed by atoms with Gasteiger partial charge in [0, 0.05) is 19.1 Å². The van der Waals surface area contributed by atoms with Crippen LogP contribution in [0.1, 0.15) is 18.4 Å². The first-order chi connectivity index (χ1) is 10.7. The van der Waals surface area contributed by atoms with E-state index in [2.05, 4.69) is 20.9 Å². The molecule has 1 aromatic rings. The second kappa shape index (κ2) is 8.51. The molecule has 0 aliphatic carbocycles. The summed E-state index contributed by atoms with van der Waals surface area (Å²) in [6.07, 6.45) is 2.20. The number of imide groups is 1. The molecule has 3 N–H and O–H groups in total. The minimum Gasteiger partial charge on any atom is -0.334 e. The van der Waals surface area contributed by atoms with Gasteiger partial charge in [-0.1, -0.05) is 30.3 Å². The standard InChI is InChI=1S/C16H24N4O2/c1-17-14-8-5-9-20(11-14)12-15(21)19-16(22)18-10-13-6-3-2-4-7-13/h2-4,6-7,14,17H,5,8-12H2,1H3,(H2,18,19,21,22). The van der Waals surface area contributed by atoms with E-state index in [9.17, 15) is 9.59 Å². The van der Waals surface area contributed by atoms with E-state index in [1.165, 1.54) is 0 Å². The number of nitrogens with one attached hydrogen (secondary N) is 3. The lowest BCUT2D eigenvalue weighted by Gasteiger charge is -2.31. The Bertz CT molecular complexity index is 492. The molecule has 1 heterocycles. The third-order valence-corrected chi connectivity index (χ3v) is 3.83. The molecule has 1 aromatic carbocycles. The molecule has 1 unspecified atom stereocenters. The molecular weight excluding hydrogens is 280 g/mol. The zero-order chi connectivity index (χ0) is 15.8. The predicted octanol–water partition coefficient (Wildman–Crippen LogP) is 0.696. The summed E-state index contributed by atoms with van der Waals surface area (Å²) >= 11 is 0. The molecular formula is C16H24N4O2. The third kappa shape index (κ3) is 5.46. The van der Waals surface area contributed by atoms with Crippen LogP contribution in [0.25, 0.3) is 0 Å². The molecule has 22 heavy (non-hydrogen) atoms. The average molecular weight is 304 g/mol. The van der Waals surface area contributed by atoms with E-state index in [0.29, 0.717) is 12.6 Å². The summed E-state index contributed by atoms with van der Waals surface area (Å²) in [5.41, 5.74) is 0.998. The van der Waals surface area contributed by atoms with Gasteiger partial charge in [0.2, 0.25) is 5.91 Å². The molecule has 1 aliphatic heterocycles. The Labute approximate surface area is 131 Å². The zero-order valence-corrected chi connectivity index (χ0v) is 13.0. The van der Waals surface area contributed by atoms with Crippen LogP contribution >= 0.6 is 0 Å². The van der Waals surface area contributed by atoms with Gasteiger partial charge in [0.25, 0.3) is 0 Å². The highest BCUT2D eigenvalue weighted by molar-refractivity contribution is 5.95. The molecule has 1 aliphatic rings. The van der Waals surface area contributed by atoms with Crippen LogP contribution in [-0.2, 0) is 11.3 Å². The van der Waals surface area contributed by atoms with Crippen molar-refractivity contribution >= 4 is 11.9 Å². The van der Waals surface area contributed by atoms with E-state index in [1.807, 2.05) is 37.4 Å². The number of piperidine rings is 1. The third-order valence-electron chi connectivity index (χ3n) is 3.83. The molecule has 0 bridgehead atoms. The van der Waals surface area contributed by atoms with E-state index in [4.69, 9.17) is 0 Å². The molecule has 0 aromatic heterocycles. The Morgan fingerprint density at radius 2 is 2.05 bits per heavy atom. The normalized spacial score (nSPS) is 18.7. The molecule has 6 nitrogen and oxygen atoms in total. The fraction of sp³-hybridized carbons (Fsp3) is 0.500. The van der Waals surface area contributed by atoms with Crippen molar-refractivity contribution in [3.63, 3.8) is 0 Å². The van der Waals surface area contributed by atoms with Gasteiger partial charge >= 0.3 is 6.03 Å². The topological polar surface area (TPSA) is 73.5 Å². The highest BCUT2D eigenvalue weighted by Crippen LogP contribution is 2.08. The van der Waals surface area contributed by atoms with Gasteiger partial charge in [-0.15, -0.1) is 0 Å². The van der Waals surface area contributed by atoms with Crippen LogP contribution in [0, 0.1) is 0 Å². The Morgan fingerprint density at radius 3 is 2.77 bits per heavy atom. The predicted molar refractivity (Wildman–Crippen MR) is 85.3 cm³/mol. The Hall–Kier alpha value is -1.92. The minimum absolute atomic E-state index is 0.261. The summed E-state index contributed by atoms with van der Waals surface area (Å²) in [6.45, 7) is 2.41. The van der Waals surface area contributed by atoms with Crippen molar-refractivity contribution in [2.45, 2.75) is 25.4 Å². The first-order valence-corrected chi connectivity index (χ1v) is 7.68. The number of likely N-dealkylation sites (N-methyl/N-ethyl adjacent to an activating group) is 1. The Balaban J connectivity index is 1.69. The van der Waals surface area contributed by atoms with E-state index in [-0.39, 0.29) is 12.5 Å². The first-order valence-electron chi connectivity index (χ1n) is 7.68. The summed E-state index contributed by atoms with van der Waals surface area (Å²) in [6, 6.07) is 9.57. The summed E-state index contributed by atoms with van der Waals surface area (Å²) < 4.78 is 0. The summed E-state index contributed by atoms with van der Waals surface area (Å²) in [5, 5.41) is 8.30. The number of hydrogen-bond acceptors (Lipinski definition) is 4. The van der Waals surface area contributed by atoms with Crippen LogP contribution in [0.4, 0.5) is 4.79 Å². The fourth-order valence-corrected chi connectivity index (χ4v) is 2.63. The van der Waals surface area contributed by atoms with Crippen molar-refractivity contribution in [2.75, 3.05) is 26.7 Å². The summed E-state index contributed by atoms with van der Waals surface area (Å²) in [7, 11) is 1.94. The molecule has 0 radical (unpaired) electrons. The number of nitrogens with zero attached hydrogens (tertiary/aromatic N) is 1. The Morgan fingerprint density at radius 1 is 1.27 bits per heavy atom. The second-order valence-corrected chi connectivity index (χ2v) is 5.58. The number of benzene rings is 1. The molecule has 0 saturated carbocycles. The molecule has 2 rings (SSSR count). The lowest BCUT2D eigenvalue weighted by Crippen LogP contribution is -2.49. The number of likely N-dealkylation sites (tertiary alicyclic amines) is 1. The van der Waals surface area contributed by atoms with Crippen LogP contribution < -0.4 is 16.0 Å². The van der Waals surface area contributed by atoms with Crippen LogP contribution in [0.2, 0.25) is 0 Å². The van der Waals surface area contributed by atoms with Crippen molar-refractivity contribution in [2.24, 2.45) is 0 Å². The molecule has 1 saturated heterocycles. The highest BCUT2D eigenvalue weighted by atomic mass is 16.2. The van der Waals surface area contributed by atoms with E-state index >= 15 is 0 Å². The maximum atomic E-state index is 11.9. The van der Waals surface area contributed by atoms with Gasteiger partial charge in [-0.05, 0) is 32.0 Å². The van der Waals surface area contributed by atoms with Crippen molar-refractivity contribution in [3.8, 4) is 0 Å². The van der Waals surface area contributed by atoms with Crippen LogP contribution in [0.5, 0.6) is 0 Å². The fourth-order valence-electron chi connectivity index (χ4n) is 2.63. The van der Waals surface area contributed by atoms with Crippen molar-refractivity contribution in [1.29, 1.82) is 0 Å². The van der Waals surface area contributed by atoms with Gasteiger partial charge < -0.3 is 10.6 Å². The summed E-state index contributed by atoms with van der Waals surface area (Å²) in [5.74, 6) is -0.262. The van der Waals surface area contributed by atoms with E-state index < -0.39 is 6.03 Å². The van der Waals surface area contributed by atoms with Gasteiger partial charge in [-0.2, -0.15) is 0 Å². The number of rotatable bonds is 5. The highest BCUT2D eigenvalue weighted by Gasteiger charge is 2.20. The lowest BCUT2D eigenvalue weighted by atomic mass is 10.1. The van der Waals surface area contributed by atoms with E-state index in [1.54, 1.807) is 0 Å². The monoisotopic (exact) mass is 304 g/mol. The zero-order valence-electron chi connectivity index (χ0n) is 13.0. The largest absolute Gasteiger partial charge is 0.334 e. The molecule has 120 valence electrons. The van der Waals surface area contributed by atoms with Crippen molar-refractivity contribution < 1.29 is 9.59 Å². The van der Waals surface area contributed by atoms with Crippen LogP contribution in [-0.4, -0.2) is 49.6 Å². The van der Waals surface area contributed by atoms with Gasteiger partial charge in [0.1, 0.15) is 0 Å². The molecule has 6 heteroatoms. The number of urea groups is 1. The number of carbonyl (C=O) groups excluding carboxylic acids is 2. The maximum absolute atomic E-state index is 11.9. The first kappa shape index (κ1) is 16.5. The smallest absolute Gasteiger partial charge is 0.321 e. The maximum Gasteiger partial charge on any atom is 0.321 e. The van der Waals surface area contributed by atoms with Crippen molar-refractivity contribution in [3.05, 3.63) is 35.9 Å². The van der Waals surface area contributed by atoms with Gasteiger partial charge in [-0.3, -0.25) is 15.0 Å². The number of hydrogen-bond donors (Lipinski definition) is 3. The average Bonchev–Trinajstić information content (AvgIpc) is 2.54. The summed E-state index contributed by atoms with van der Waals surface area (Å²) in [4.78, 5) is 25.7. The lowest BCUT2D eigenvalue weighted by molar-refractivity contribution is -0.121. The molecule has 0 spiro atoms. The second-order valence-electron chi connectivity index (χ2n) is 5.58. The number of amides is 3. The SMILES string of the molecule is CNC1CCCN(CC(=O)NC(=O)NCc2ccccc2)C1. The molecule has 1 fully saturated rings. The quantitative estimate of drug-likeness (QED) is 0.748. The molecule has 1 atom stereocenters. The van der Waals surface area contributed by atoms with E-state index in [0.717, 1.165) is 31.5 Å².